The van der Waals surface area contributed by atoms with Crippen LogP contribution in [-0.4, -0.2) is 67.7 Å². The molecule has 0 spiro atoms. The molecule has 5 aromatic carbocycles. The van der Waals surface area contributed by atoms with Crippen molar-refractivity contribution in [2.24, 2.45) is 0 Å². The predicted molar refractivity (Wildman–Crippen MR) is 206 cm³/mol. The number of hydrogen-bond donors (Lipinski definition) is 3. The van der Waals surface area contributed by atoms with E-state index >= 15 is 0 Å². The smallest absolute Gasteiger partial charge is 0.416 e. The minimum Gasteiger partial charge on any atom is -0.508 e. The number of nitro groups is 1. The largest absolute Gasteiger partial charge is 0.508 e. The number of sulfonamides is 1. The Hall–Kier alpha value is -5.58. The molecule has 1 fully saturated rings. The topological polar surface area (TPSA) is 145 Å². The monoisotopic (exact) mass is 791 g/mol. The number of phenols is 1. The van der Waals surface area contributed by atoms with Gasteiger partial charge in [-0.1, -0.05) is 30.3 Å². The molecular weight excluding hydrogens is 756 g/mol. The highest BCUT2D eigenvalue weighted by Gasteiger charge is 2.32. The second-order valence-corrected chi connectivity index (χ2v) is 15.6. The highest BCUT2D eigenvalue weighted by Crippen LogP contribution is 2.35. The predicted octanol–water partition coefficient (Wildman–Crippen LogP) is 7.63. The van der Waals surface area contributed by atoms with Gasteiger partial charge in [0.2, 0.25) is 0 Å². The average Bonchev–Trinajstić information content (AvgIpc) is 3.16. The first kappa shape index (κ1) is 39.1. The van der Waals surface area contributed by atoms with E-state index in [9.17, 15) is 41.6 Å². The average molecular weight is 792 g/mol. The van der Waals surface area contributed by atoms with E-state index in [1.807, 2.05) is 44.9 Å². The number of nitrogens with one attached hydrogen (secondary N) is 2. The SMILES string of the molecule is O=C(NS(=O)(=O)c1ccc(NCCSc2ccccc2)c([N+](=O)[O-])c1)c1ccc(N2CCN(Cc3cc(-c4cccc(O)c4)cc(C(F)(F)F)c3)CC2)cc1. The van der Waals surface area contributed by atoms with Crippen LogP contribution in [0, 0.1) is 10.1 Å². The van der Waals surface area contributed by atoms with Crippen LogP contribution < -0.4 is 14.9 Å². The molecule has 5 aromatic rings. The zero-order valence-electron chi connectivity index (χ0n) is 29.2. The van der Waals surface area contributed by atoms with Crippen molar-refractivity contribution in [1.29, 1.82) is 0 Å². The van der Waals surface area contributed by atoms with Crippen molar-refractivity contribution in [1.82, 2.24) is 9.62 Å². The molecule has 286 valence electrons. The number of nitrogens with zero attached hydrogens (tertiary/aromatic N) is 3. The van der Waals surface area contributed by atoms with Gasteiger partial charge in [0.15, 0.2) is 0 Å². The summed E-state index contributed by atoms with van der Waals surface area (Å²) in [4.78, 5) is 28.8. The molecule has 16 heteroatoms. The summed E-state index contributed by atoms with van der Waals surface area (Å²) in [6, 6.07) is 29.3. The third-order valence-corrected chi connectivity index (χ3v) is 11.2. The van der Waals surface area contributed by atoms with E-state index in [1.165, 1.54) is 36.4 Å². The highest BCUT2D eigenvalue weighted by molar-refractivity contribution is 7.99. The minimum atomic E-state index is -4.54. The third kappa shape index (κ3) is 10.1. The van der Waals surface area contributed by atoms with E-state index in [2.05, 4.69) is 5.32 Å². The lowest BCUT2D eigenvalue weighted by molar-refractivity contribution is -0.384. The third-order valence-electron chi connectivity index (χ3n) is 8.91. The molecule has 0 unspecified atom stereocenters. The summed E-state index contributed by atoms with van der Waals surface area (Å²) in [5.74, 6) is -0.344. The Kier molecular flexibility index (Phi) is 12.0. The Balaban J connectivity index is 1.04. The molecule has 0 aromatic heterocycles. The van der Waals surface area contributed by atoms with Gasteiger partial charge in [-0.05, 0) is 95.6 Å². The van der Waals surface area contributed by atoms with Crippen molar-refractivity contribution in [3.05, 3.63) is 142 Å². The molecular formula is C39H36F3N5O6S2. The van der Waals surface area contributed by atoms with E-state index in [-0.39, 0.29) is 23.5 Å². The number of rotatable bonds is 13. The van der Waals surface area contributed by atoms with Gasteiger partial charge in [0, 0.05) is 67.2 Å². The number of hydrogen-bond acceptors (Lipinski definition) is 10. The Morgan fingerprint density at radius 3 is 2.25 bits per heavy atom. The molecule has 0 atom stereocenters. The lowest BCUT2D eigenvalue weighted by atomic mass is 9.99. The van der Waals surface area contributed by atoms with Crippen molar-refractivity contribution in [3.63, 3.8) is 0 Å². The maximum atomic E-state index is 13.8. The number of anilines is 2. The quantitative estimate of drug-likeness (QED) is 0.0471. The fourth-order valence-corrected chi connectivity index (χ4v) is 7.92. The van der Waals surface area contributed by atoms with Crippen molar-refractivity contribution >= 4 is 44.8 Å². The van der Waals surface area contributed by atoms with Gasteiger partial charge in [-0.25, -0.2) is 13.1 Å². The fourth-order valence-electron chi connectivity index (χ4n) is 6.14. The number of nitro benzene ring substituents is 1. The minimum absolute atomic E-state index is 0.0426. The number of carbonyl (C=O) groups excluding carboxylic acids is 1. The van der Waals surface area contributed by atoms with Crippen LogP contribution in [0.5, 0.6) is 5.75 Å². The molecule has 0 radical (unpaired) electrons. The van der Waals surface area contributed by atoms with Crippen LogP contribution in [0.15, 0.2) is 125 Å². The van der Waals surface area contributed by atoms with Gasteiger partial charge in [-0.2, -0.15) is 13.2 Å². The zero-order chi connectivity index (χ0) is 39.2. The number of halogens is 3. The summed E-state index contributed by atoms with van der Waals surface area (Å²) in [6.45, 7) is 2.86. The van der Waals surface area contributed by atoms with Crippen LogP contribution in [0.25, 0.3) is 11.1 Å². The summed E-state index contributed by atoms with van der Waals surface area (Å²) in [5.41, 5.74) is 1.08. The Morgan fingerprint density at radius 1 is 0.855 bits per heavy atom. The molecule has 11 nitrogen and oxygen atoms in total. The zero-order valence-corrected chi connectivity index (χ0v) is 30.8. The Morgan fingerprint density at radius 2 is 1.58 bits per heavy atom. The van der Waals surface area contributed by atoms with E-state index in [0.717, 1.165) is 28.8 Å². The number of benzene rings is 5. The first-order chi connectivity index (χ1) is 26.2. The van der Waals surface area contributed by atoms with Gasteiger partial charge < -0.3 is 15.3 Å². The van der Waals surface area contributed by atoms with E-state index in [4.69, 9.17) is 0 Å². The van der Waals surface area contributed by atoms with Gasteiger partial charge in [-0.15, -0.1) is 11.8 Å². The van der Waals surface area contributed by atoms with Crippen molar-refractivity contribution < 1.29 is 36.4 Å². The summed E-state index contributed by atoms with van der Waals surface area (Å²) in [5, 5.41) is 24.6. The van der Waals surface area contributed by atoms with Crippen molar-refractivity contribution in [3.8, 4) is 16.9 Å². The maximum Gasteiger partial charge on any atom is 0.416 e. The molecule has 3 N–H and O–H groups in total. The lowest BCUT2D eigenvalue weighted by Gasteiger charge is -2.36. The van der Waals surface area contributed by atoms with E-state index < -0.39 is 43.2 Å². The molecule has 0 aliphatic carbocycles. The maximum absolute atomic E-state index is 13.8. The number of alkyl halides is 3. The first-order valence-corrected chi connectivity index (χ1v) is 19.6. The second-order valence-electron chi connectivity index (χ2n) is 12.7. The van der Waals surface area contributed by atoms with Crippen molar-refractivity contribution in [2.75, 3.05) is 48.7 Å². The molecule has 1 amide bonds. The normalized spacial score (nSPS) is 13.7. The Labute approximate surface area is 320 Å². The van der Waals surface area contributed by atoms with Crippen LogP contribution in [0.1, 0.15) is 21.5 Å². The van der Waals surface area contributed by atoms with Crippen LogP contribution in [0.3, 0.4) is 0 Å². The first-order valence-electron chi connectivity index (χ1n) is 17.1. The molecule has 1 aliphatic heterocycles. The van der Waals surface area contributed by atoms with Gasteiger partial charge >= 0.3 is 6.18 Å². The van der Waals surface area contributed by atoms with E-state index in [1.54, 1.807) is 42.1 Å². The van der Waals surface area contributed by atoms with Crippen LogP contribution in [0.4, 0.5) is 30.2 Å². The molecule has 55 heavy (non-hydrogen) atoms. The molecule has 0 bridgehead atoms. The van der Waals surface area contributed by atoms with Gasteiger partial charge in [-0.3, -0.25) is 19.8 Å². The number of carbonyl (C=O) groups is 1. The van der Waals surface area contributed by atoms with Crippen LogP contribution in [0.2, 0.25) is 0 Å². The van der Waals surface area contributed by atoms with Crippen molar-refractivity contribution in [2.45, 2.75) is 22.5 Å². The Bertz CT molecular complexity index is 2270. The molecule has 1 saturated heterocycles. The highest BCUT2D eigenvalue weighted by atomic mass is 32.2. The lowest BCUT2D eigenvalue weighted by Crippen LogP contribution is -2.46. The summed E-state index contributed by atoms with van der Waals surface area (Å²) in [6.07, 6.45) is -4.54. The molecule has 6 rings (SSSR count). The summed E-state index contributed by atoms with van der Waals surface area (Å²) in [7, 11) is -4.46. The number of amides is 1. The number of thioether (sulfide) groups is 1. The van der Waals surface area contributed by atoms with Gasteiger partial charge in [0.25, 0.3) is 21.6 Å². The van der Waals surface area contributed by atoms with Crippen LogP contribution in [-0.2, 0) is 22.7 Å². The molecule has 0 saturated carbocycles. The van der Waals surface area contributed by atoms with E-state index in [0.29, 0.717) is 55.2 Å². The fraction of sp³-hybridized carbons (Fsp3) is 0.205. The summed E-state index contributed by atoms with van der Waals surface area (Å²) >= 11 is 1.56. The molecule has 1 heterocycles. The number of piperazine rings is 1. The standard InChI is InChI=1S/C39H36F3N5O6S2/c40-39(41,42)31-22-27(21-30(23-31)29-5-4-6-33(48)24-29)26-45-16-18-46(19-17-45)32-11-9-28(10-12-32)38(49)44-55(52,53)35-13-14-36(37(25-35)47(50)51)43-15-20-54-34-7-2-1-3-8-34/h1-14,21-25,43,48H,15-20,26H2,(H,44,49). The van der Waals surface area contributed by atoms with Crippen LogP contribution >= 0.6 is 11.8 Å². The number of aromatic hydroxyl groups is 1. The number of phenolic OH excluding ortho intramolecular Hbond substituents is 1. The van der Waals surface area contributed by atoms with Gasteiger partial charge in [0.05, 0.1) is 15.4 Å². The second kappa shape index (κ2) is 16.8. The summed E-state index contributed by atoms with van der Waals surface area (Å²) < 4.78 is 69.6. The molecule has 1 aliphatic rings. The van der Waals surface area contributed by atoms with Gasteiger partial charge in [0.1, 0.15) is 11.4 Å².